The van der Waals surface area contributed by atoms with E-state index in [0.717, 1.165) is 0 Å². The lowest BCUT2D eigenvalue weighted by molar-refractivity contribution is -0.114. The number of amides is 1. The Balaban J connectivity index is 1.80. The van der Waals surface area contributed by atoms with E-state index in [1.165, 1.54) is 6.08 Å². The predicted octanol–water partition coefficient (Wildman–Crippen LogP) is 2.02. The zero-order valence-corrected chi connectivity index (χ0v) is 16.8. The van der Waals surface area contributed by atoms with E-state index >= 15 is 0 Å². The van der Waals surface area contributed by atoms with Gasteiger partial charge in [0.2, 0.25) is 10.3 Å². The number of benzene rings is 1. The highest BCUT2D eigenvalue weighted by Gasteiger charge is 2.35. The highest BCUT2D eigenvalue weighted by Crippen LogP contribution is 2.38. The zero-order chi connectivity index (χ0) is 20.5. The van der Waals surface area contributed by atoms with Crippen LogP contribution >= 0.6 is 11.6 Å². The fourth-order valence-corrected chi connectivity index (χ4v) is 4.15. The molecule has 2 aliphatic rings. The van der Waals surface area contributed by atoms with E-state index in [4.69, 9.17) is 11.6 Å². The van der Waals surface area contributed by atoms with Gasteiger partial charge in [0.15, 0.2) is 0 Å². The number of aryl methyl sites for hydroxylation is 1. The van der Waals surface area contributed by atoms with Crippen LogP contribution in [0.15, 0.2) is 76.2 Å². The van der Waals surface area contributed by atoms with E-state index in [-0.39, 0.29) is 22.2 Å². The van der Waals surface area contributed by atoms with Crippen LogP contribution in [0.5, 0.6) is 0 Å². The molecule has 4 rings (SSSR count). The lowest BCUT2D eigenvalue weighted by Crippen LogP contribution is -2.31. The Labute approximate surface area is 173 Å². The molecule has 2 heterocycles. The minimum absolute atomic E-state index is 0.0707. The Bertz CT molecular complexity index is 1270. The van der Waals surface area contributed by atoms with Crippen LogP contribution in [-0.4, -0.2) is 34.5 Å². The molecule has 0 bridgehead atoms. The summed E-state index contributed by atoms with van der Waals surface area (Å²) in [5, 5.41) is 2.88. The lowest BCUT2D eigenvalue weighted by Gasteiger charge is -2.13. The molecular weight excluding hydrogens is 412 g/mol. The predicted molar refractivity (Wildman–Crippen MR) is 112 cm³/mol. The zero-order valence-electron chi connectivity index (χ0n) is 15.3. The Hall–Kier alpha value is -3.23. The fourth-order valence-electron chi connectivity index (χ4n) is 3.20. The Morgan fingerprint density at radius 3 is 2.59 bits per heavy atom. The maximum Gasteiger partial charge on any atom is 0.270 e. The van der Waals surface area contributed by atoms with Crippen molar-refractivity contribution in [3.63, 3.8) is 0 Å². The van der Waals surface area contributed by atoms with Gasteiger partial charge >= 0.3 is 0 Å². The summed E-state index contributed by atoms with van der Waals surface area (Å²) in [5.74, 6) is 0.252. The molecule has 2 aromatic rings. The minimum atomic E-state index is -2.60. The Kier molecular flexibility index (Phi) is 5.04. The molecule has 29 heavy (non-hydrogen) atoms. The van der Waals surface area contributed by atoms with Crippen LogP contribution in [-0.2, 0) is 28.7 Å². The third kappa shape index (κ3) is 3.48. The molecule has 0 fully saturated rings. The summed E-state index contributed by atoms with van der Waals surface area (Å²) in [4.78, 5) is 21.5. The number of aliphatic imine (C=N–C) groups is 1. The standard InChI is InChI=1S/C20H15ClN4O3S/c1-25-10-9-22-15(25)11-23-20(26)18-16(12-5-3-2-4-6-12)17-14(24-18)8-7-13(21)19(17)29(27)28/h2-10H,11H2,1H3,(H,23,26). The van der Waals surface area contributed by atoms with Gasteiger partial charge in [0.25, 0.3) is 5.91 Å². The number of imidazole rings is 1. The number of hydrogen-bond acceptors (Lipinski definition) is 5. The van der Waals surface area contributed by atoms with Crippen LogP contribution in [0, 0.1) is 0 Å². The van der Waals surface area contributed by atoms with E-state index in [0.29, 0.717) is 28.2 Å². The summed E-state index contributed by atoms with van der Waals surface area (Å²) in [6.07, 6.45) is 6.50. The second-order valence-corrected chi connectivity index (χ2v) is 7.63. The molecule has 0 unspecified atom stereocenters. The SMILES string of the molecule is Cn1ccnc1CNC(=O)C1=NC2=CC=C(Cl)C(=S(=O)=O)C2=C1c1ccccc1. The largest absolute Gasteiger partial charge is 0.343 e. The van der Waals surface area contributed by atoms with Crippen molar-refractivity contribution in [2.24, 2.45) is 12.0 Å². The number of halogens is 1. The number of aromatic nitrogens is 2. The van der Waals surface area contributed by atoms with E-state index in [1.54, 1.807) is 35.2 Å². The molecule has 1 aromatic carbocycles. The third-order valence-corrected chi connectivity index (χ3v) is 5.76. The van der Waals surface area contributed by atoms with Crippen LogP contribution in [0.25, 0.3) is 5.57 Å². The van der Waals surface area contributed by atoms with Gasteiger partial charge in [-0.15, -0.1) is 0 Å². The Morgan fingerprint density at radius 2 is 1.93 bits per heavy atom. The summed E-state index contributed by atoms with van der Waals surface area (Å²) in [6.45, 7) is 0.209. The molecule has 1 N–H and O–H groups in total. The van der Waals surface area contributed by atoms with Crippen molar-refractivity contribution < 1.29 is 13.2 Å². The lowest BCUT2D eigenvalue weighted by atomic mass is 9.92. The summed E-state index contributed by atoms with van der Waals surface area (Å²) in [5.41, 5.74) is 1.95. The van der Waals surface area contributed by atoms with Crippen molar-refractivity contribution in [3.05, 3.63) is 82.6 Å². The van der Waals surface area contributed by atoms with Gasteiger partial charge in [-0.3, -0.25) is 4.79 Å². The Morgan fingerprint density at radius 1 is 1.17 bits per heavy atom. The van der Waals surface area contributed by atoms with Crippen LogP contribution in [0.1, 0.15) is 11.4 Å². The maximum absolute atomic E-state index is 13.0. The number of nitrogens with one attached hydrogen (secondary N) is 1. The maximum atomic E-state index is 13.0. The molecule has 0 radical (unpaired) electrons. The molecule has 146 valence electrons. The van der Waals surface area contributed by atoms with Gasteiger partial charge < -0.3 is 9.88 Å². The van der Waals surface area contributed by atoms with E-state index in [1.807, 2.05) is 25.2 Å². The molecule has 1 aliphatic heterocycles. The number of nitrogens with zero attached hydrogens (tertiary/aromatic N) is 3. The first-order chi connectivity index (χ1) is 14.0. The molecule has 1 aliphatic carbocycles. The van der Waals surface area contributed by atoms with Crippen molar-refractivity contribution in [2.75, 3.05) is 0 Å². The summed E-state index contributed by atoms with van der Waals surface area (Å²) >= 11 is 6.16. The number of rotatable bonds is 4. The summed E-state index contributed by atoms with van der Waals surface area (Å²) < 4.78 is 25.6. The first-order valence-electron chi connectivity index (χ1n) is 8.65. The molecule has 0 atom stereocenters. The van der Waals surface area contributed by atoms with Gasteiger partial charge in [-0.2, -0.15) is 8.42 Å². The number of carbonyl (C=O) groups is 1. The fraction of sp³-hybridized carbons (Fsp3) is 0.100. The molecule has 0 spiro atoms. The highest BCUT2D eigenvalue weighted by atomic mass is 35.5. The molecule has 1 amide bonds. The monoisotopic (exact) mass is 426 g/mol. The summed E-state index contributed by atoms with van der Waals surface area (Å²) in [6, 6.07) is 9.04. The number of carbonyl (C=O) groups excluding carboxylic acids is 1. The molecular formula is C20H15ClN4O3S. The number of hydrogen-bond donors (Lipinski definition) is 1. The molecule has 0 saturated carbocycles. The normalized spacial score (nSPS) is 15.5. The number of allylic oxidation sites excluding steroid dienone is 4. The van der Waals surface area contributed by atoms with Crippen molar-refractivity contribution in [1.82, 2.24) is 14.9 Å². The van der Waals surface area contributed by atoms with Gasteiger partial charge in [-0.05, 0) is 17.7 Å². The molecule has 1 aromatic heterocycles. The average Bonchev–Trinajstić information content (AvgIpc) is 3.29. The van der Waals surface area contributed by atoms with Gasteiger partial charge in [0.1, 0.15) is 16.4 Å². The van der Waals surface area contributed by atoms with Crippen molar-refractivity contribution >= 4 is 44.0 Å². The second kappa shape index (κ2) is 7.65. The molecule has 7 nitrogen and oxygen atoms in total. The molecule has 9 heteroatoms. The van der Waals surface area contributed by atoms with Gasteiger partial charge in [0.05, 0.1) is 17.3 Å². The minimum Gasteiger partial charge on any atom is -0.343 e. The van der Waals surface area contributed by atoms with E-state index in [2.05, 4.69) is 15.3 Å². The van der Waals surface area contributed by atoms with E-state index < -0.39 is 16.2 Å². The first-order valence-corrected chi connectivity index (χ1v) is 10.1. The number of fused-ring (bicyclic) bond motifs is 1. The van der Waals surface area contributed by atoms with Gasteiger partial charge in [-0.1, -0.05) is 41.9 Å². The van der Waals surface area contributed by atoms with E-state index in [9.17, 15) is 13.2 Å². The topological polar surface area (TPSA) is 93.4 Å². The second-order valence-electron chi connectivity index (χ2n) is 6.34. The third-order valence-electron chi connectivity index (χ3n) is 4.58. The highest BCUT2D eigenvalue weighted by molar-refractivity contribution is 7.74. The van der Waals surface area contributed by atoms with Crippen LogP contribution in [0.2, 0.25) is 0 Å². The van der Waals surface area contributed by atoms with Gasteiger partial charge in [-0.25, -0.2) is 9.98 Å². The van der Waals surface area contributed by atoms with Crippen molar-refractivity contribution in [1.29, 1.82) is 0 Å². The quantitative estimate of drug-likeness (QED) is 0.757. The van der Waals surface area contributed by atoms with Crippen LogP contribution in [0.3, 0.4) is 0 Å². The van der Waals surface area contributed by atoms with Crippen molar-refractivity contribution in [2.45, 2.75) is 6.54 Å². The first kappa shape index (κ1) is 19.1. The van der Waals surface area contributed by atoms with Crippen LogP contribution in [0.4, 0.5) is 0 Å². The molecule has 0 saturated heterocycles. The van der Waals surface area contributed by atoms with Gasteiger partial charge in [0, 0.05) is 30.6 Å². The van der Waals surface area contributed by atoms with Crippen LogP contribution < -0.4 is 5.32 Å². The smallest absolute Gasteiger partial charge is 0.270 e. The van der Waals surface area contributed by atoms with Crippen molar-refractivity contribution in [3.8, 4) is 0 Å². The average molecular weight is 427 g/mol. The summed E-state index contributed by atoms with van der Waals surface area (Å²) in [7, 11) is -0.767.